The van der Waals surface area contributed by atoms with Gasteiger partial charge in [-0.3, -0.25) is 4.79 Å². The Labute approximate surface area is 120 Å². The van der Waals surface area contributed by atoms with Gasteiger partial charge in [-0.05, 0) is 57.8 Å². The molecule has 1 aromatic rings. The van der Waals surface area contributed by atoms with Gasteiger partial charge in [-0.25, -0.2) is 9.67 Å². The summed E-state index contributed by atoms with van der Waals surface area (Å²) >= 11 is 0. The second-order valence-corrected chi connectivity index (χ2v) is 6.56. The van der Waals surface area contributed by atoms with Gasteiger partial charge in [-0.2, -0.15) is 5.10 Å². The highest BCUT2D eigenvalue weighted by molar-refractivity contribution is 5.76. The summed E-state index contributed by atoms with van der Waals surface area (Å²) in [7, 11) is 0. The van der Waals surface area contributed by atoms with Crippen molar-refractivity contribution < 1.29 is 4.79 Å². The zero-order chi connectivity index (χ0) is 14.3. The molecule has 2 saturated carbocycles. The molecule has 3 rings (SSSR count). The normalized spacial score (nSPS) is 29.6. The molecule has 20 heavy (non-hydrogen) atoms. The molecule has 2 fully saturated rings. The van der Waals surface area contributed by atoms with E-state index in [2.05, 4.69) is 22.3 Å². The molecule has 5 nitrogen and oxygen atoms in total. The zero-order valence-electron chi connectivity index (χ0n) is 12.6. The van der Waals surface area contributed by atoms with Crippen molar-refractivity contribution in [1.29, 1.82) is 0 Å². The average molecular weight is 276 g/mol. The highest BCUT2D eigenvalue weighted by Gasteiger charge is 2.42. The largest absolute Gasteiger partial charge is 0.352 e. The van der Waals surface area contributed by atoms with Crippen LogP contribution in [0.25, 0.3) is 0 Å². The molecule has 1 aromatic heterocycles. The number of carbonyl (C=O) groups excluding carboxylic acids is 1. The Hall–Kier alpha value is -1.39. The zero-order valence-corrected chi connectivity index (χ0v) is 12.6. The van der Waals surface area contributed by atoms with E-state index in [-0.39, 0.29) is 18.5 Å². The minimum Gasteiger partial charge on any atom is -0.352 e. The van der Waals surface area contributed by atoms with Gasteiger partial charge in [0, 0.05) is 6.04 Å². The number of nitrogens with zero attached hydrogens (tertiary/aromatic N) is 3. The van der Waals surface area contributed by atoms with Crippen molar-refractivity contribution in [1.82, 2.24) is 20.1 Å². The van der Waals surface area contributed by atoms with Gasteiger partial charge in [0.25, 0.3) is 0 Å². The van der Waals surface area contributed by atoms with Crippen LogP contribution in [-0.2, 0) is 11.3 Å². The van der Waals surface area contributed by atoms with E-state index >= 15 is 0 Å². The van der Waals surface area contributed by atoms with Crippen LogP contribution < -0.4 is 5.32 Å². The smallest absolute Gasteiger partial charge is 0.242 e. The number of hydrogen-bond donors (Lipinski definition) is 1. The van der Waals surface area contributed by atoms with Crippen molar-refractivity contribution in [2.75, 3.05) is 0 Å². The number of rotatable bonds is 4. The van der Waals surface area contributed by atoms with Crippen molar-refractivity contribution in [3.8, 4) is 0 Å². The molecule has 0 unspecified atom stereocenters. The van der Waals surface area contributed by atoms with Crippen LogP contribution in [0.1, 0.15) is 44.3 Å². The summed E-state index contributed by atoms with van der Waals surface area (Å²) in [6.07, 6.45) is 5.44. The number of nitrogens with one attached hydrogen (secondary N) is 1. The van der Waals surface area contributed by atoms with Crippen molar-refractivity contribution in [3.63, 3.8) is 0 Å². The van der Waals surface area contributed by atoms with Crippen LogP contribution in [0, 0.1) is 31.6 Å². The fourth-order valence-corrected chi connectivity index (χ4v) is 4.16. The predicted octanol–water partition coefficient (Wildman–Crippen LogP) is 1.84. The first-order valence-electron chi connectivity index (χ1n) is 7.70. The molecule has 5 heteroatoms. The fraction of sp³-hybridized carbons (Fsp3) is 0.800. The summed E-state index contributed by atoms with van der Waals surface area (Å²) in [5, 5.41) is 7.40. The first kappa shape index (κ1) is 13.6. The third-order valence-corrected chi connectivity index (χ3v) is 5.08. The molecule has 2 aliphatic rings. The van der Waals surface area contributed by atoms with Crippen LogP contribution in [-0.4, -0.2) is 26.7 Å². The number of amides is 1. The average Bonchev–Trinajstić information content (AvgIpc) is 3.05. The molecule has 110 valence electrons. The maximum atomic E-state index is 12.1. The first-order valence-corrected chi connectivity index (χ1v) is 7.70. The number of hydrogen-bond acceptors (Lipinski definition) is 3. The molecule has 0 aromatic carbocycles. The molecule has 2 aliphatic carbocycles. The van der Waals surface area contributed by atoms with Crippen molar-refractivity contribution in [2.45, 2.75) is 59.0 Å². The minimum absolute atomic E-state index is 0.0493. The Morgan fingerprint density at radius 3 is 2.75 bits per heavy atom. The van der Waals surface area contributed by atoms with E-state index < -0.39 is 0 Å². The van der Waals surface area contributed by atoms with E-state index in [1.165, 1.54) is 25.7 Å². The lowest BCUT2D eigenvalue weighted by Crippen LogP contribution is -2.41. The molecule has 4 atom stereocenters. The van der Waals surface area contributed by atoms with Crippen LogP contribution >= 0.6 is 0 Å². The van der Waals surface area contributed by atoms with Gasteiger partial charge in [0.15, 0.2) is 0 Å². The van der Waals surface area contributed by atoms with E-state index in [1.54, 1.807) is 4.68 Å². The van der Waals surface area contributed by atoms with Gasteiger partial charge in [0.05, 0.1) is 0 Å². The van der Waals surface area contributed by atoms with Gasteiger partial charge in [-0.1, -0.05) is 6.42 Å². The third-order valence-electron chi connectivity index (χ3n) is 5.08. The van der Waals surface area contributed by atoms with Gasteiger partial charge in [-0.15, -0.1) is 0 Å². The Morgan fingerprint density at radius 1 is 1.40 bits per heavy atom. The number of aryl methyl sites for hydroxylation is 2. The SMILES string of the molecule is Cc1nc(C)n(CC(=O)N[C@@H](C)[C@@H]2C[C@H]3CC[C@H]2C3)n1. The number of aromatic nitrogens is 3. The molecule has 1 heterocycles. The monoisotopic (exact) mass is 276 g/mol. The summed E-state index contributed by atoms with van der Waals surface area (Å²) in [6, 6.07) is 0.280. The lowest BCUT2D eigenvalue weighted by Gasteiger charge is -2.28. The quantitative estimate of drug-likeness (QED) is 0.912. The second-order valence-electron chi connectivity index (χ2n) is 6.56. The summed E-state index contributed by atoms with van der Waals surface area (Å²) in [5.41, 5.74) is 0. The molecule has 1 amide bonds. The van der Waals surface area contributed by atoms with Gasteiger partial charge < -0.3 is 5.32 Å². The second kappa shape index (κ2) is 5.19. The van der Waals surface area contributed by atoms with E-state index in [0.717, 1.165) is 23.5 Å². The molecule has 0 aliphatic heterocycles. The molecule has 1 N–H and O–H groups in total. The van der Waals surface area contributed by atoms with E-state index in [9.17, 15) is 4.79 Å². The summed E-state index contributed by atoms with van der Waals surface area (Å²) in [6.45, 7) is 6.16. The van der Waals surface area contributed by atoms with Crippen LogP contribution in [0.3, 0.4) is 0 Å². The number of carbonyl (C=O) groups is 1. The molecule has 2 bridgehead atoms. The summed E-state index contributed by atoms with van der Waals surface area (Å²) in [4.78, 5) is 16.4. The maximum absolute atomic E-state index is 12.1. The van der Waals surface area contributed by atoms with Crippen LogP contribution in [0.4, 0.5) is 0 Å². The fourth-order valence-electron chi connectivity index (χ4n) is 4.16. The molecule has 0 spiro atoms. The highest BCUT2D eigenvalue weighted by Crippen LogP contribution is 2.49. The van der Waals surface area contributed by atoms with Gasteiger partial charge in [0.1, 0.15) is 18.2 Å². The van der Waals surface area contributed by atoms with Gasteiger partial charge >= 0.3 is 0 Å². The summed E-state index contributed by atoms with van der Waals surface area (Å²) < 4.78 is 1.68. The van der Waals surface area contributed by atoms with Crippen molar-refractivity contribution in [3.05, 3.63) is 11.6 Å². The van der Waals surface area contributed by atoms with Crippen LogP contribution in [0.2, 0.25) is 0 Å². The van der Waals surface area contributed by atoms with E-state index in [0.29, 0.717) is 5.92 Å². The van der Waals surface area contributed by atoms with Crippen molar-refractivity contribution in [2.24, 2.45) is 17.8 Å². The third kappa shape index (κ3) is 2.58. The first-order chi connectivity index (χ1) is 9.52. The van der Waals surface area contributed by atoms with Gasteiger partial charge in [0.2, 0.25) is 5.91 Å². The molecule has 0 radical (unpaired) electrons. The molecular formula is C15H24N4O. The summed E-state index contributed by atoms with van der Waals surface area (Å²) in [5.74, 6) is 4.00. The Kier molecular flexibility index (Phi) is 3.52. The standard InChI is InChI=1S/C15H24N4O/c1-9(14-7-12-4-5-13(14)6-12)16-15(20)8-19-11(3)17-10(2)18-19/h9,12-14H,4-8H2,1-3H3,(H,16,20)/t9-,12-,13-,14-/m0/s1. The van der Waals surface area contributed by atoms with Crippen molar-refractivity contribution >= 4 is 5.91 Å². The lowest BCUT2D eigenvalue weighted by atomic mass is 9.84. The number of fused-ring (bicyclic) bond motifs is 2. The Morgan fingerprint density at radius 2 is 2.20 bits per heavy atom. The molecular weight excluding hydrogens is 252 g/mol. The predicted molar refractivity (Wildman–Crippen MR) is 76.0 cm³/mol. The van der Waals surface area contributed by atoms with E-state index in [4.69, 9.17) is 0 Å². The molecule has 0 saturated heterocycles. The maximum Gasteiger partial charge on any atom is 0.242 e. The topological polar surface area (TPSA) is 59.8 Å². The highest BCUT2D eigenvalue weighted by atomic mass is 16.2. The Bertz CT molecular complexity index is 510. The minimum atomic E-state index is 0.0493. The van der Waals surface area contributed by atoms with Crippen LogP contribution in [0.15, 0.2) is 0 Å². The van der Waals surface area contributed by atoms with Crippen LogP contribution in [0.5, 0.6) is 0 Å². The lowest BCUT2D eigenvalue weighted by molar-refractivity contribution is -0.123. The van der Waals surface area contributed by atoms with E-state index in [1.807, 2.05) is 13.8 Å². The Balaban J connectivity index is 1.55.